The molecule has 2 nitrogen and oxygen atoms in total. The van der Waals surface area contributed by atoms with Gasteiger partial charge in [0.25, 0.3) is 0 Å². The molecule has 1 saturated heterocycles. The Bertz CT molecular complexity index is 399. The quantitative estimate of drug-likeness (QED) is 0.881. The fourth-order valence-corrected chi connectivity index (χ4v) is 3.83. The largest absolute Gasteiger partial charge is 0.385 e. The van der Waals surface area contributed by atoms with Crippen molar-refractivity contribution in [3.8, 4) is 0 Å². The molecule has 2 atom stereocenters. The molecule has 1 aliphatic carbocycles. The van der Waals surface area contributed by atoms with Crippen LogP contribution in [0.15, 0.2) is 30.3 Å². The van der Waals surface area contributed by atoms with Gasteiger partial charge in [0.15, 0.2) is 0 Å². The lowest BCUT2D eigenvalue weighted by atomic mass is 9.76. The fraction of sp³-hybridized carbons (Fsp3) is 0.647. The third kappa shape index (κ3) is 2.85. The van der Waals surface area contributed by atoms with Gasteiger partial charge in [-0.1, -0.05) is 36.8 Å². The topological polar surface area (TPSA) is 23.5 Å². The second-order valence-corrected chi connectivity index (χ2v) is 6.24. The van der Waals surface area contributed by atoms with Gasteiger partial charge in [0.2, 0.25) is 0 Å². The summed E-state index contributed by atoms with van der Waals surface area (Å²) in [7, 11) is 0. The van der Waals surface area contributed by atoms with E-state index in [0.717, 1.165) is 24.8 Å². The molecule has 1 N–H and O–H groups in total. The Hall–Kier alpha value is -0.860. The van der Waals surface area contributed by atoms with Gasteiger partial charge >= 0.3 is 0 Å². The van der Waals surface area contributed by atoms with Gasteiger partial charge in [0.05, 0.1) is 5.60 Å². The normalized spacial score (nSPS) is 33.2. The monoisotopic (exact) mass is 259 g/mol. The van der Waals surface area contributed by atoms with E-state index < -0.39 is 5.60 Å². The highest BCUT2D eigenvalue weighted by atomic mass is 16.3. The molecule has 1 aromatic rings. The van der Waals surface area contributed by atoms with Crippen molar-refractivity contribution in [3.05, 3.63) is 35.9 Å². The maximum absolute atomic E-state index is 11.0. The summed E-state index contributed by atoms with van der Waals surface area (Å²) in [5.41, 5.74) is 0.512. The van der Waals surface area contributed by atoms with Crippen molar-refractivity contribution in [2.45, 2.75) is 56.6 Å². The Labute approximate surface area is 116 Å². The van der Waals surface area contributed by atoms with Gasteiger partial charge in [-0.25, -0.2) is 0 Å². The predicted molar refractivity (Wildman–Crippen MR) is 78.0 cm³/mol. The molecule has 0 unspecified atom stereocenters. The molecule has 0 aromatic heterocycles. The van der Waals surface area contributed by atoms with Crippen molar-refractivity contribution in [2.75, 3.05) is 13.1 Å². The van der Waals surface area contributed by atoms with Gasteiger partial charge in [-0.15, -0.1) is 0 Å². The maximum atomic E-state index is 11.0. The highest BCUT2D eigenvalue weighted by molar-refractivity contribution is 5.23. The molecular weight excluding hydrogens is 234 g/mol. The van der Waals surface area contributed by atoms with Crippen LogP contribution in [0.5, 0.6) is 0 Å². The molecule has 2 fully saturated rings. The summed E-state index contributed by atoms with van der Waals surface area (Å²) in [6.07, 6.45) is 8.28. The van der Waals surface area contributed by atoms with Crippen LogP contribution < -0.4 is 0 Å². The van der Waals surface area contributed by atoms with Gasteiger partial charge in [0.1, 0.15) is 0 Å². The van der Waals surface area contributed by atoms with Crippen molar-refractivity contribution < 1.29 is 5.11 Å². The Morgan fingerprint density at radius 1 is 1.00 bits per heavy atom. The van der Waals surface area contributed by atoms with Crippen LogP contribution >= 0.6 is 0 Å². The Kier molecular flexibility index (Phi) is 3.90. The summed E-state index contributed by atoms with van der Waals surface area (Å²) in [5.74, 6) is 0. The van der Waals surface area contributed by atoms with Gasteiger partial charge in [-0.3, -0.25) is 0 Å². The second-order valence-electron chi connectivity index (χ2n) is 6.24. The van der Waals surface area contributed by atoms with Gasteiger partial charge < -0.3 is 10.0 Å². The number of nitrogens with zero attached hydrogens (tertiary/aromatic N) is 1. The van der Waals surface area contributed by atoms with E-state index in [9.17, 15) is 5.11 Å². The molecule has 2 aliphatic rings. The first kappa shape index (κ1) is 13.1. The predicted octanol–water partition coefficient (Wildman–Crippen LogP) is 3.30. The Balaban J connectivity index is 1.73. The molecule has 0 bridgehead atoms. The van der Waals surface area contributed by atoms with Crippen molar-refractivity contribution in [3.63, 3.8) is 0 Å². The third-order valence-corrected chi connectivity index (χ3v) is 4.92. The lowest BCUT2D eigenvalue weighted by Crippen LogP contribution is -2.46. The molecule has 0 amide bonds. The summed E-state index contributed by atoms with van der Waals surface area (Å²) >= 11 is 0. The van der Waals surface area contributed by atoms with Crippen molar-refractivity contribution in [2.24, 2.45) is 0 Å². The lowest BCUT2D eigenvalue weighted by molar-refractivity contribution is -0.0387. The molecular formula is C17H25NO. The summed E-state index contributed by atoms with van der Waals surface area (Å²) in [4.78, 5) is 2.62. The summed E-state index contributed by atoms with van der Waals surface area (Å²) < 4.78 is 0. The molecule has 104 valence electrons. The van der Waals surface area contributed by atoms with Crippen LogP contribution in [0.1, 0.15) is 50.5 Å². The first-order valence-electron chi connectivity index (χ1n) is 7.80. The Morgan fingerprint density at radius 3 is 2.47 bits per heavy atom. The van der Waals surface area contributed by atoms with Crippen LogP contribution in [0.3, 0.4) is 0 Å². The number of rotatable bonds is 2. The molecule has 1 aromatic carbocycles. The van der Waals surface area contributed by atoms with E-state index in [1.165, 1.54) is 38.8 Å². The van der Waals surface area contributed by atoms with E-state index in [0.29, 0.717) is 6.04 Å². The number of benzene rings is 1. The van der Waals surface area contributed by atoms with Crippen molar-refractivity contribution in [1.82, 2.24) is 4.90 Å². The zero-order valence-electron chi connectivity index (χ0n) is 11.7. The molecule has 1 aliphatic heterocycles. The van der Waals surface area contributed by atoms with Gasteiger partial charge in [-0.2, -0.15) is 0 Å². The highest BCUT2D eigenvalue weighted by Gasteiger charge is 2.38. The first-order valence-corrected chi connectivity index (χ1v) is 7.80. The van der Waals surface area contributed by atoms with Crippen LogP contribution in [-0.2, 0) is 5.60 Å². The Morgan fingerprint density at radius 2 is 1.74 bits per heavy atom. The molecule has 2 heteroatoms. The lowest BCUT2D eigenvalue weighted by Gasteiger charge is -2.43. The zero-order chi connectivity index (χ0) is 13.1. The van der Waals surface area contributed by atoms with Crippen LogP contribution in [-0.4, -0.2) is 29.1 Å². The van der Waals surface area contributed by atoms with Crippen LogP contribution in [0, 0.1) is 0 Å². The molecule has 0 spiro atoms. The average molecular weight is 259 g/mol. The van der Waals surface area contributed by atoms with Crippen LogP contribution in [0.4, 0.5) is 0 Å². The standard InChI is InChI=1S/C17H25NO/c19-17(15-8-3-1-4-9-15)11-7-10-16(14-17)18-12-5-2-6-13-18/h1,3-4,8-9,16,19H,2,5-7,10-14H2/t16-,17-/m1/s1. The number of aliphatic hydroxyl groups is 1. The van der Waals surface area contributed by atoms with Crippen molar-refractivity contribution in [1.29, 1.82) is 0 Å². The first-order chi connectivity index (χ1) is 9.28. The van der Waals surface area contributed by atoms with E-state index >= 15 is 0 Å². The molecule has 3 rings (SSSR count). The number of hydrogen-bond donors (Lipinski definition) is 1. The van der Waals surface area contributed by atoms with E-state index in [4.69, 9.17) is 0 Å². The van der Waals surface area contributed by atoms with Crippen LogP contribution in [0.25, 0.3) is 0 Å². The van der Waals surface area contributed by atoms with E-state index in [-0.39, 0.29) is 0 Å². The highest BCUT2D eigenvalue weighted by Crippen LogP contribution is 2.39. The minimum absolute atomic E-state index is 0.583. The van der Waals surface area contributed by atoms with Gasteiger partial charge in [-0.05, 0) is 57.2 Å². The zero-order valence-corrected chi connectivity index (χ0v) is 11.7. The van der Waals surface area contributed by atoms with Crippen LogP contribution in [0.2, 0.25) is 0 Å². The number of hydrogen-bond acceptors (Lipinski definition) is 2. The summed E-state index contributed by atoms with van der Waals surface area (Å²) in [5, 5.41) is 11.0. The van der Waals surface area contributed by atoms with Crippen molar-refractivity contribution >= 4 is 0 Å². The number of piperidine rings is 1. The second kappa shape index (κ2) is 5.64. The molecule has 19 heavy (non-hydrogen) atoms. The van der Waals surface area contributed by atoms with E-state index in [1.54, 1.807) is 0 Å². The number of likely N-dealkylation sites (tertiary alicyclic amines) is 1. The molecule has 0 radical (unpaired) electrons. The minimum atomic E-state index is -0.596. The average Bonchev–Trinajstić information content (AvgIpc) is 2.49. The fourth-order valence-electron chi connectivity index (χ4n) is 3.83. The van der Waals surface area contributed by atoms with E-state index in [1.807, 2.05) is 18.2 Å². The smallest absolute Gasteiger partial charge is 0.0911 e. The SMILES string of the molecule is O[C@]1(c2ccccc2)CCC[C@@H](N2CCCCC2)C1. The summed E-state index contributed by atoms with van der Waals surface area (Å²) in [6.45, 7) is 2.46. The molecule has 1 heterocycles. The summed E-state index contributed by atoms with van der Waals surface area (Å²) in [6, 6.07) is 10.9. The third-order valence-electron chi connectivity index (χ3n) is 4.92. The van der Waals surface area contributed by atoms with E-state index in [2.05, 4.69) is 17.0 Å². The minimum Gasteiger partial charge on any atom is -0.385 e. The van der Waals surface area contributed by atoms with Gasteiger partial charge in [0, 0.05) is 6.04 Å². The molecule has 1 saturated carbocycles. The maximum Gasteiger partial charge on any atom is 0.0911 e.